The highest BCUT2D eigenvalue weighted by molar-refractivity contribution is 6.06. The van der Waals surface area contributed by atoms with E-state index in [1.807, 2.05) is 18.2 Å². The number of carbonyl (C=O) groups excluding carboxylic acids is 1. The molecule has 0 saturated heterocycles. The molecule has 0 aliphatic rings. The van der Waals surface area contributed by atoms with Gasteiger partial charge in [-0.15, -0.1) is 0 Å². The Hall–Kier alpha value is -2.88. The molecule has 118 valence electrons. The fourth-order valence-corrected chi connectivity index (χ4v) is 2.27. The van der Waals surface area contributed by atoms with Gasteiger partial charge in [-0.1, -0.05) is 49.7 Å². The summed E-state index contributed by atoms with van der Waals surface area (Å²) in [4.78, 5) is 23.1. The lowest BCUT2D eigenvalue weighted by Crippen LogP contribution is -2.11. The Kier molecular flexibility index (Phi) is 5.69. The summed E-state index contributed by atoms with van der Waals surface area (Å²) < 4.78 is 0. The lowest BCUT2D eigenvalue weighted by atomic mass is 10.1. The Balaban J connectivity index is 2.08. The third-order valence-corrected chi connectivity index (χ3v) is 3.33. The lowest BCUT2D eigenvalue weighted by molar-refractivity contribution is -0.111. The van der Waals surface area contributed by atoms with E-state index in [-0.39, 0.29) is 17.2 Å². The summed E-state index contributed by atoms with van der Waals surface area (Å²) in [5.41, 5.74) is 2.53. The summed E-state index contributed by atoms with van der Waals surface area (Å²) in [7, 11) is 0. The van der Waals surface area contributed by atoms with Crippen LogP contribution in [0.5, 0.6) is 0 Å². The van der Waals surface area contributed by atoms with Gasteiger partial charge in [-0.3, -0.25) is 4.79 Å². The van der Waals surface area contributed by atoms with Gasteiger partial charge < -0.3 is 10.4 Å². The van der Waals surface area contributed by atoms with Gasteiger partial charge in [0.1, 0.15) is 0 Å². The molecule has 0 fully saturated rings. The molecule has 0 unspecified atom stereocenters. The predicted octanol–water partition coefficient (Wildman–Crippen LogP) is 3.99. The first-order chi connectivity index (χ1) is 11.1. The van der Waals surface area contributed by atoms with Crippen molar-refractivity contribution < 1.29 is 14.7 Å². The van der Waals surface area contributed by atoms with Crippen molar-refractivity contribution in [3.05, 3.63) is 71.3 Å². The minimum absolute atomic E-state index is 0.0687. The van der Waals surface area contributed by atoms with Crippen LogP contribution in [0.3, 0.4) is 0 Å². The number of carboxylic acid groups (broad SMARTS) is 1. The van der Waals surface area contributed by atoms with Crippen molar-refractivity contribution in [2.24, 2.45) is 0 Å². The Bertz CT molecular complexity index is 735. The summed E-state index contributed by atoms with van der Waals surface area (Å²) >= 11 is 0. The average molecular weight is 309 g/mol. The van der Waals surface area contributed by atoms with Crippen molar-refractivity contribution in [2.75, 3.05) is 5.32 Å². The van der Waals surface area contributed by atoms with Crippen molar-refractivity contribution in [3.8, 4) is 0 Å². The molecule has 2 aromatic carbocycles. The molecule has 2 aromatic rings. The van der Waals surface area contributed by atoms with E-state index in [0.717, 1.165) is 18.4 Å². The highest BCUT2D eigenvalue weighted by atomic mass is 16.4. The largest absolute Gasteiger partial charge is 0.478 e. The maximum Gasteiger partial charge on any atom is 0.337 e. The molecule has 0 radical (unpaired) electrons. The predicted molar refractivity (Wildman–Crippen MR) is 91.5 cm³/mol. The van der Waals surface area contributed by atoms with E-state index in [1.54, 1.807) is 24.3 Å². The molecule has 0 heterocycles. The molecule has 0 saturated carbocycles. The van der Waals surface area contributed by atoms with Crippen LogP contribution in [-0.2, 0) is 11.2 Å². The number of hydrogen-bond acceptors (Lipinski definition) is 2. The first-order valence-corrected chi connectivity index (χ1v) is 7.50. The van der Waals surface area contributed by atoms with E-state index >= 15 is 0 Å². The number of nitrogens with one attached hydrogen (secondary N) is 1. The van der Waals surface area contributed by atoms with Gasteiger partial charge in [0.25, 0.3) is 0 Å². The molecule has 0 spiro atoms. The number of carboxylic acids is 1. The van der Waals surface area contributed by atoms with E-state index in [4.69, 9.17) is 5.11 Å². The van der Waals surface area contributed by atoms with Gasteiger partial charge in [0.2, 0.25) is 5.91 Å². The second-order valence-corrected chi connectivity index (χ2v) is 5.17. The van der Waals surface area contributed by atoms with Gasteiger partial charge in [0, 0.05) is 6.08 Å². The van der Waals surface area contributed by atoms with Gasteiger partial charge in [-0.25, -0.2) is 4.79 Å². The van der Waals surface area contributed by atoms with Crippen LogP contribution in [0.15, 0.2) is 54.6 Å². The summed E-state index contributed by atoms with van der Waals surface area (Å²) in [5.74, 6) is -1.43. The average Bonchev–Trinajstić information content (AvgIpc) is 2.54. The van der Waals surface area contributed by atoms with Crippen LogP contribution in [0.1, 0.15) is 34.8 Å². The normalized spacial score (nSPS) is 10.7. The van der Waals surface area contributed by atoms with Crippen LogP contribution < -0.4 is 5.32 Å². The minimum atomic E-state index is -1.07. The third kappa shape index (κ3) is 4.81. The molecule has 2 rings (SSSR count). The molecule has 4 nitrogen and oxygen atoms in total. The maximum absolute atomic E-state index is 12.0. The van der Waals surface area contributed by atoms with Crippen LogP contribution in [-0.4, -0.2) is 17.0 Å². The number of amides is 1. The topological polar surface area (TPSA) is 66.4 Å². The summed E-state index contributed by atoms with van der Waals surface area (Å²) in [6.07, 6.45) is 5.20. The Morgan fingerprint density at radius 2 is 1.91 bits per heavy atom. The second-order valence-electron chi connectivity index (χ2n) is 5.17. The van der Waals surface area contributed by atoms with Crippen LogP contribution >= 0.6 is 0 Å². The Morgan fingerprint density at radius 3 is 2.65 bits per heavy atom. The number of benzene rings is 2. The number of para-hydroxylation sites is 1. The van der Waals surface area contributed by atoms with Gasteiger partial charge in [0.05, 0.1) is 11.3 Å². The molecule has 0 aliphatic carbocycles. The number of anilines is 1. The molecule has 2 N–H and O–H groups in total. The summed E-state index contributed by atoms with van der Waals surface area (Å²) in [5, 5.41) is 11.7. The molecular formula is C19H19NO3. The van der Waals surface area contributed by atoms with Gasteiger partial charge in [-0.05, 0) is 35.8 Å². The zero-order valence-electron chi connectivity index (χ0n) is 13.0. The van der Waals surface area contributed by atoms with Crippen LogP contribution in [0.25, 0.3) is 6.08 Å². The number of hydrogen-bond donors (Lipinski definition) is 2. The Labute approximate surface area is 135 Å². The van der Waals surface area contributed by atoms with Gasteiger partial charge >= 0.3 is 5.97 Å². The van der Waals surface area contributed by atoms with Crippen molar-refractivity contribution in [1.29, 1.82) is 0 Å². The fourth-order valence-electron chi connectivity index (χ4n) is 2.27. The van der Waals surface area contributed by atoms with Gasteiger partial charge in [-0.2, -0.15) is 0 Å². The van der Waals surface area contributed by atoms with E-state index < -0.39 is 5.97 Å². The highest BCUT2D eigenvalue weighted by Crippen LogP contribution is 2.15. The summed E-state index contributed by atoms with van der Waals surface area (Å²) in [6.45, 7) is 2.12. The van der Waals surface area contributed by atoms with Gasteiger partial charge in [0.15, 0.2) is 0 Å². The molecular weight excluding hydrogens is 290 g/mol. The smallest absolute Gasteiger partial charge is 0.337 e. The quantitative estimate of drug-likeness (QED) is 0.793. The van der Waals surface area contributed by atoms with E-state index in [1.165, 1.54) is 17.7 Å². The third-order valence-electron chi connectivity index (χ3n) is 3.33. The van der Waals surface area contributed by atoms with Crippen LogP contribution in [0.4, 0.5) is 5.69 Å². The van der Waals surface area contributed by atoms with E-state index in [2.05, 4.69) is 18.3 Å². The van der Waals surface area contributed by atoms with Crippen molar-refractivity contribution in [2.45, 2.75) is 19.8 Å². The summed E-state index contributed by atoms with van der Waals surface area (Å²) in [6, 6.07) is 14.3. The number of rotatable bonds is 6. The van der Waals surface area contributed by atoms with Crippen LogP contribution in [0.2, 0.25) is 0 Å². The zero-order valence-corrected chi connectivity index (χ0v) is 13.0. The standard InChI is InChI=1S/C19H19NO3/c1-2-6-14-7-5-8-15(13-14)11-12-18(21)20-17-10-4-3-9-16(17)19(22)23/h3-5,7-13H,2,6H2,1H3,(H,20,21)(H,22,23). The fraction of sp³-hybridized carbons (Fsp3) is 0.158. The maximum atomic E-state index is 12.0. The number of aryl methyl sites for hydroxylation is 1. The zero-order chi connectivity index (χ0) is 16.7. The molecule has 0 atom stereocenters. The van der Waals surface area contributed by atoms with E-state index in [0.29, 0.717) is 0 Å². The lowest BCUT2D eigenvalue weighted by Gasteiger charge is -2.06. The second kappa shape index (κ2) is 7.94. The molecule has 4 heteroatoms. The number of carbonyl (C=O) groups is 2. The Morgan fingerprint density at radius 1 is 1.13 bits per heavy atom. The van der Waals surface area contributed by atoms with E-state index in [9.17, 15) is 9.59 Å². The highest BCUT2D eigenvalue weighted by Gasteiger charge is 2.10. The molecule has 0 aliphatic heterocycles. The first-order valence-electron chi connectivity index (χ1n) is 7.50. The molecule has 0 bridgehead atoms. The molecule has 1 amide bonds. The van der Waals surface area contributed by atoms with Crippen molar-refractivity contribution in [3.63, 3.8) is 0 Å². The number of aromatic carboxylic acids is 1. The SMILES string of the molecule is CCCc1cccc(C=CC(=O)Nc2ccccc2C(=O)O)c1. The molecule has 0 aromatic heterocycles. The molecule has 23 heavy (non-hydrogen) atoms. The van der Waals surface area contributed by atoms with Crippen molar-refractivity contribution >= 4 is 23.6 Å². The van der Waals surface area contributed by atoms with Crippen LogP contribution in [0, 0.1) is 0 Å². The van der Waals surface area contributed by atoms with Crippen molar-refractivity contribution in [1.82, 2.24) is 0 Å². The minimum Gasteiger partial charge on any atom is -0.478 e. The monoisotopic (exact) mass is 309 g/mol. The first kappa shape index (κ1) is 16.5.